The standard InChI is InChI=1S/C15H14N4OS2/c1-19-14(11-8-5-9-21-11)17-18-15(19)22-12(13(16)20)10-6-3-2-4-7-10/h2-9,12H,1H3,(H2,16,20). The summed E-state index contributed by atoms with van der Waals surface area (Å²) in [5.74, 6) is 0.394. The van der Waals surface area contributed by atoms with Gasteiger partial charge in [-0.3, -0.25) is 4.79 Å². The van der Waals surface area contributed by atoms with Crippen LogP contribution in [0.1, 0.15) is 10.8 Å². The van der Waals surface area contributed by atoms with Gasteiger partial charge in [-0.1, -0.05) is 48.2 Å². The van der Waals surface area contributed by atoms with Crippen LogP contribution in [0.25, 0.3) is 10.7 Å². The van der Waals surface area contributed by atoms with E-state index in [-0.39, 0.29) is 0 Å². The zero-order chi connectivity index (χ0) is 15.5. The van der Waals surface area contributed by atoms with Crippen molar-refractivity contribution in [3.8, 4) is 10.7 Å². The molecular formula is C15H14N4OS2. The van der Waals surface area contributed by atoms with Crippen molar-refractivity contribution in [1.82, 2.24) is 14.8 Å². The number of thioether (sulfide) groups is 1. The molecule has 0 aliphatic heterocycles. The Kier molecular flexibility index (Phi) is 4.26. The molecule has 0 aliphatic rings. The molecule has 1 atom stereocenters. The number of rotatable bonds is 5. The largest absolute Gasteiger partial charge is 0.368 e. The molecule has 3 aromatic rings. The second-order valence-electron chi connectivity index (χ2n) is 4.65. The summed E-state index contributed by atoms with van der Waals surface area (Å²) in [6, 6.07) is 13.4. The quantitative estimate of drug-likeness (QED) is 0.730. The molecule has 0 aliphatic carbocycles. The summed E-state index contributed by atoms with van der Waals surface area (Å²) in [5, 5.41) is 10.6. The Labute approximate surface area is 136 Å². The number of hydrogen-bond acceptors (Lipinski definition) is 5. The van der Waals surface area contributed by atoms with Gasteiger partial charge in [-0.2, -0.15) is 0 Å². The van der Waals surface area contributed by atoms with Gasteiger partial charge in [0.15, 0.2) is 11.0 Å². The topological polar surface area (TPSA) is 73.8 Å². The molecule has 7 heteroatoms. The molecule has 1 aromatic carbocycles. The van der Waals surface area contributed by atoms with E-state index in [1.807, 2.05) is 59.5 Å². The summed E-state index contributed by atoms with van der Waals surface area (Å²) in [4.78, 5) is 12.8. The van der Waals surface area contributed by atoms with E-state index in [4.69, 9.17) is 5.73 Å². The maximum atomic E-state index is 11.8. The van der Waals surface area contributed by atoms with Crippen LogP contribution < -0.4 is 5.73 Å². The minimum atomic E-state index is -0.486. The molecule has 0 saturated heterocycles. The first kappa shape index (κ1) is 14.8. The van der Waals surface area contributed by atoms with Crippen molar-refractivity contribution in [1.29, 1.82) is 0 Å². The van der Waals surface area contributed by atoms with Crippen LogP contribution >= 0.6 is 23.1 Å². The molecule has 0 spiro atoms. The Morgan fingerprint density at radius 2 is 2.00 bits per heavy atom. The zero-order valence-corrected chi connectivity index (χ0v) is 13.5. The van der Waals surface area contributed by atoms with Crippen LogP contribution in [-0.2, 0) is 11.8 Å². The summed E-state index contributed by atoms with van der Waals surface area (Å²) in [5.41, 5.74) is 6.41. The SMILES string of the molecule is Cn1c(SC(C(N)=O)c2ccccc2)nnc1-c1cccs1. The fourth-order valence-corrected chi connectivity index (χ4v) is 3.76. The van der Waals surface area contributed by atoms with E-state index in [1.165, 1.54) is 11.8 Å². The molecule has 0 fully saturated rings. The minimum Gasteiger partial charge on any atom is -0.368 e. The van der Waals surface area contributed by atoms with Crippen LogP contribution in [0.15, 0.2) is 53.0 Å². The monoisotopic (exact) mass is 330 g/mol. The van der Waals surface area contributed by atoms with Crippen LogP contribution in [0, 0.1) is 0 Å². The fourth-order valence-electron chi connectivity index (χ4n) is 2.06. The maximum absolute atomic E-state index is 11.8. The Morgan fingerprint density at radius 3 is 2.64 bits per heavy atom. The first-order valence-corrected chi connectivity index (χ1v) is 8.37. The second kappa shape index (κ2) is 6.33. The number of nitrogens with two attached hydrogens (primary N) is 1. The van der Waals surface area contributed by atoms with Crippen molar-refractivity contribution in [2.45, 2.75) is 10.4 Å². The Hall–Kier alpha value is -2.12. The van der Waals surface area contributed by atoms with E-state index in [9.17, 15) is 4.79 Å². The van der Waals surface area contributed by atoms with E-state index in [0.29, 0.717) is 5.16 Å². The van der Waals surface area contributed by atoms with E-state index in [1.54, 1.807) is 11.3 Å². The van der Waals surface area contributed by atoms with Gasteiger partial charge in [-0.05, 0) is 17.0 Å². The van der Waals surface area contributed by atoms with Gasteiger partial charge in [0.1, 0.15) is 5.25 Å². The highest BCUT2D eigenvalue weighted by atomic mass is 32.2. The van der Waals surface area contributed by atoms with E-state index in [0.717, 1.165) is 16.3 Å². The van der Waals surface area contributed by atoms with Crippen LogP contribution in [0.4, 0.5) is 0 Å². The van der Waals surface area contributed by atoms with Crippen LogP contribution in [0.3, 0.4) is 0 Å². The Balaban J connectivity index is 1.90. The lowest BCUT2D eigenvalue weighted by Crippen LogP contribution is -2.19. The Bertz CT molecular complexity index is 768. The van der Waals surface area contributed by atoms with Crippen molar-refractivity contribution >= 4 is 29.0 Å². The molecule has 5 nitrogen and oxygen atoms in total. The molecule has 2 N–H and O–H groups in total. The molecule has 0 bridgehead atoms. The van der Waals surface area contributed by atoms with E-state index in [2.05, 4.69) is 10.2 Å². The van der Waals surface area contributed by atoms with Crippen molar-refractivity contribution in [2.75, 3.05) is 0 Å². The number of carbonyl (C=O) groups is 1. The summed E-state index contributed by atoms with van der Waals surface area (Å²) in [7, 11) is 1.89. The third kappa shape index (κ3) is 2.90. The fraction of sp³-hybridized carbons (Fsp3) is 0.133. The van der Waals surface area contributed by atoms with Gasteiger partial charge in [-0.15, -0.1) is 21.5 Å². The molecule has 1 amide bonds. The summed E-state index contributed by atoms with van der Waals surface area (Å²) < 4.78 is 1.88. The van der Waals surface area contributed by atoms with Crippen molar-refractivity contribution < 1.29 is 4.79 Å². The molecule has 3 rings (SSSR count). The average Bonchev–Trinajstić information content (AvgIpc) is 3.15. The van der Waals surface area contributed by atoms with Crippen LogP contribution in [-0.4, -0.2) is 20.7 Å². The third-order valence-corrected chi connectivity index (χ3v) is 5.33. The predicted octanol–water partition coefficient (Wildman–Crippen LogP) is 2.86. The number of aromatic nitrogens is 3. The number of benzene rings is 1. The zero-order valence-electron chi connectivity index (χ0n) is 11.8. The Morgan fingerprint density at radius 1 is 1.23 bits per heavy atom. The highest BCUT2D eigenvalue weighted by molar-refractivity contribution is 8.00. The lowest BCUT2D eigenvalue weighted by Gasteiger charge is -2.12. The first-order chi connectivity index (χ1) is 10.7. The highest BCUT2D eigenvalue weighted by Crippen LogP contribution is 2.35. The number of hydrogen-bond donors (Lipinski definition) is 1. The molecule has 0 saturated carbocycles. The number of amides is 1. The number of carbonyl (C=O) groups excluding carboxylic acids is 1. The molecule has 112 valence electrons. The number of primary amides is 1. The number of nitrogens with zero attached hydrogens (tertiary/aromatic N) is 3. The van der Waals surface area contributed by atoms with Gasteiger partial charge in [-0.25, -0.2) is 0 Å². The van der Waals surface area contributed by atoms with Gasteiger partial charge >= 0.3 is 0 Å². The number of thiophene rings is 1. The van der Waals surface area contributed by atoms with E-state index >= 15 is 0 Å². The van der Waals surface area contributed by atoms with E-state index < -0.39 is 11.2 Å². The first-order valence-electron chi connectivity index (χ1n) is 6.61. The van der Waals surface area contributed by atoms with Crippen molar-refractivity contribution in [3.05, 3.63) is 53.4 Å². The van der Waals surface area contributed by atoms with Gasteiger partial charge in [0.05, 0.1) is 4.88 Å². The lowest BCUT2D eigenvalue weighted by atomic mass is 10.1. The van der Waals surface area contributed by atoms with Gasteiger partial charge < -0.3 is 10.3 Å². The van der Waals surface area contributed by atoms with Crippen LogP contribution in [0.2, 0.25) is 0 Å². The smallest absolute Gasteiger partial charge is 0.235 e. The summed E-state index contributed by atoms with van der Waals surface area (Å²) >= 11 is 2.91. The molecule has 2 heterocycles. The molecule has 2 aromatic heterocycles. The lowest BCUT2D eigenvalue weighted by molar-refractivity contribution is -0.117. The average molecular weight is 330 g/mol. The van der Waals surface area contributed by atoms with Gasteiger partial charge in [0.25, 0.3) is 0 Å². The minimum absolute atomic E-state index is 0.392. The van der Waals surface area contributed by atoms with Gasteiger partial charge in [0, 0.05) is 7.05 Å². The predicted molar refractivity (Wildman–Crippen MR) is 88.6 cm³/mol. The molecule has 0 radical (unpaired) electrons. The summed E-state index contributed by atoms with van der Waals surface area (Å²) in [6.07, 6.45) is 0. The van der Waals surface area contributed by atoms with Crippen molar-refractivity contribution in [3.63, 3.8) is 0 Å². The van der Waals surface area contributed by atoms with Crippen molar-refractivity contribution in [2.24, 2.45) is 12.8 Å². The summed E-state index contributed by atoms with van der Waals surface area (Å²) in [6.45, 7) is 0. The second-order valence-corrected chi connectivity index (χ2v) is 6.67. The van der Waals surface area contributed by atoms with Crippen LogP contribution in [0.5, 0.6) is 0 Å². The molecule has 22 heavy (non-hydrogen) atoms. The molecular weight excluding hydrogens is 316 g/mol. The third-order valence-electron chi connectivity index (χ3n) is 3.16. The molecule has 1 unspecified atom stereocenters. The normalized spacial score (nSPS) is 12.2. The highest BCUT2D eigenvalue weighted by Gasteiger charge is 2.23. The van der Waals surface area contributed by atoms with Gasteiger partial charge in [0.2, 0.25) is 5.91 Å². The maximum Gasteiger partial charge on any atom is 0.235 e.